The van der Waals surface area contributed by atoms with E-state index in [1.165, 1.54) is 5.56 Å². The maximum atomic E-state index is 12.2. The van der Waals surface area contributed by atoms with Gasteiger partial charge < -0.3 is 5.73 Å². The first kappa shape index (κ1) is 21.4. The van der Waals surface area contributed by atoms with Crippen molar-refractivity contribution in [1.29, 1.82) is 0 Å². The van der Waals surface area contributed by atoms with Crippen LogP contribution in [-0.2, 0) is 16.4 Å². The molecule has 0 amide bonds. The molecule has 0 unspecified atom stereocenters. The van der Waals surface area contributed by atoms with Crippen LogP contribution < -0.4 is 5.73 Å². The monoisotopic (exact) mass is 362 g/mol. The summed E-state index contributed by atoms with van der Waals surface area (Å²) in [6.07, 6.45) is 2.67. The van der Waals surface area contributed by atoms with Gasteiger partial charge in [0.1, 0.15) is 0 Å². The van der Waals surface area contributed by atoms with Gasteiger partial charge in [0.15, 0.2) is 0 Å². The van der Waals surface area contributed by atoms with Crippen molar-refractivity contribution < 1.29 is 8.42 Å². The van der Waals surface area contributed by atoms with Crippen LogP contribution in [0, 0.1) is 0 Å². The topological polar surface area (TPSA) is 63.4 Å². The molecule has 0 aromatic heterocycles. The minimum absolute atomic E-state index is 0.386. The van der Waals surface area contributed by atoms with Gasteiger partial charge in [-0.15, -0.1) is 0 Å². The zero-order chi connectivity index (χ0) is 18.5. The molecule has 25 heavy (non-hydrogen) atoms. The quantitative estimate of drug-likeness (QED) is 0.779. The average molecular weight is 363 g/mol. The average Bonchev–Trinajstić information content (AvgIpc) is 2.64. The molecular formula is C20H30N2O2S. The van der Waals surface area contributed by atoms with E-state index in [0.717, 1.165) is 25.8 Å². The zero-order valence-corrected chi connectivity index (χ0v) is 16.1. The molecule has 0 atom stereocenters. The highest BCUT2D eigenvalue weighted by Gasteiger charge is 2.22. The smallest absolute Gasteiger partial charge is 0.243 e. The molecule has 0 aliphatic carbocycles. The highest BCUT2D eigenvalue weighted by atomic mass is 32.2. The SMILES string of the molecule is CCCN(CCC)S(=O)(=O)c1ccccc1.NCCc1ccccc1. The van der Waals surface area contributed by atoms with Gasteiger partial charge in [-0.2, -0.15) is 4.31 Å². The summed E-state index contributed by atoms with van der Waals surface area (Å²) >= 11 is 0. The van der Waals surface area contributed by atoms with Crippen LogP contribution in [-0.4, -0.2) is 32.4 Å². The molecule has 0 fully saturated rings. The van der Waals surface area contributed by atoms with Crippen molar-refractivity contribution in [2.75, 3.05) is 19.6 Å². The van der Waals surface area contributed by atoms with E-state index in [1.54, 1.807) is 28.6 Å². The Hall–Kier alpha value is -1.69. The van der Waals surface area contributed by atoms with Crippen LogP contribution in [0.25, 0.3) is 0 Å². The first-order chi connectivity index (χ1) is 12.1. The van der Waals surface area contributed by atoms with E-state index in [0.29, 0.717) is 18.0 Å². The lowest BCUT2D eigenvalue weighted by Gasteiger charge is -2.20. The largest absolute Gasteiger partial charge is 0.330 e. The Kier molecular flexibility index (Phi) is 10.1. The van der Waals surface area contributed by atoms with Crippen LogP contribution in [0.5, 0.6) is 0 Å². The molecule has 0 aliphatic rings. The maximum absolute atomic E-state index is 12.2. The van der Waals surface area contributed by atoms with Crippen LogP contribution >= 0.6 is 0 Å². The third kappa shape index (κ3) is 7.38. The Labute approximate surface area is 152 Å². The Balaban J connectivity index is 0.000000293. The second-order valence-electron chi connectivity index (χ2n) is 5.74. The summed E-state index contributed by atoms with van der Waals surface area (Å²) in [5.74, 6) is 0. The van der Waals surface area contributed by atoms with Crippen LogP contribution in [0.2, 0.25) is 0 Å². The Morgan fingerprint density at radius 2 is 1.32 bits per heavy atom. The standard InChI is InChI=1S/C12H19NO2S.C8H11N/c1-3-10-13(11-4-2)16(14,15)12-8-6-5-7-9-12;9-7-6-8-4-2-1-3-5-8/h5-9H,3-4,10-11H2,1-2H3;1-5H,6-7,9H2. The molecule has 0 spiro atoms. The first-order valence-corrected chi connectivity index (χ1v) is 10.3. The van der Waals surface area contributed by atoms with Crippen LogP contribution in [0.3, 0.4) is 0 Å². The highest BCUT2D eigenvalue weighted by molar-refractivity contribution is 7.89. The van der Waals surface area contributed by atoms with Crippen LogP contribution in [0.4, 0.5) is 0 Å². The summed E-state index contributed by atoms with van der Waals surface area (Å²) in [4.78, 5) is 0.386. The Morgan fingerprint density at radius 3 is 1.76 bits per heavy atom. The van der Waals surface area contributed by atoms with Gasteiger partial charge in [-0.25, -0.2) is 8.42 Å². The van der Waals surface area contributed by atoms with Crippen molar-refractivity contribution >= 4 is 10.0 Å². The summed E-state index contributed by atoms with van der Waals surface area (Å²) in [6.45, 7) is 5.90. The summed E-state index contributed by atoms with van der Waals surface area (Å²) in [6, 6.07) is 18.9. The molecule has 5 heteroatoms. The van der Waals surface area contributed by atoms with Gasteiger partial charge >= 0.3 is 0 Å². The Morgan fingerprint density at radius 1 is 0.840 bits per heavy atom. The predicted molar refractivity (Wildman–Crippen MR) is 105 cm³/mol. The van der Waals surface area contributed by atoms with E-state index in [9.17, 15) is 8.42 Å². The van der Waals surface area contributed by atoms with Crippen molar-refractivity contribution in [3.8, 4) is 0 Å². The lowest BCUT2D eigenvalue weighted by atomic mass is 10.2. The molecule has 4 nitrogen and oxygen atoms in total. The lowest BCUT2D eigenvalue weighted by Crippen LogP contribution is -2.32. The zero-order valence-electron chi connectivity index (χ0n) is 15.3. The van der Waals surface area contributed by atoms with Gasteiger partial charge in [0.2, 0.25) is 10.0 Å². The minimum atomic E-state index is -3.29. The van der Waals surface area contributed by atoms with E-state index in [4.69, 9.17) is 5.73 Å². The van der Waals surface area contributed by atoms with Gasteiger partial charge in [-0.3, -0.25) is 0 Å². The summed E-state index contributed by atoms with van der Waals surface area (Å²) in [5.41, 5.74) is 6.68. The van der Waals surface area contributed by atoms with E-state index >= 15 is 0 Å². The van der Waals surface area contributed by atoms with Gasteiger partial charge in [0, 0.05) is 13.1 Å². The van der Waals surface area contributed by atoms with Crippen molar-refractivity contribution in [2.24, 2.45) is 5.73 Å². The summed E-state index contributed by atoms with van der Waals surface area (Å²) < 4.78 is 26.0. The minimum Gasteiger partial charge on any atom is -0.330 e. The van der Waals surface area contributed by atoms with Crippen LogP contribution in [0.15, 0.2) is 65.6 Å². The molecule has 2 aromatic carbocycles. The van der Waals surface area contributed by atoms with E-state index in [-0.39, 0.29) is 0 Å². The number of hydrogen-bond donors (Lipinski definition) is 1. The summed E-state index contributed by atoms with van der Waals surface area (Å²) in [5, 5.41) is 0. The highest BCUT2D eigenvalue weighted by Crippen LogP contribution is 2.15. The third-order valence-electron chi connectivity index (χ3n) is 3.60. The molecule has 0 saturated heterocycles. The molecule has 138 valence electrons. The molecule has 2 aromatic rings. The molecule has 0 radical (unpaired) electrons. The van der Waals surface area contributed by atoms with Crippen molar-refractivity contribution in [1.82, 2.24) is 4.31 Å². The molecule has 2 rings (SSSR count). The van der Waals surface area contributed by atoms with Gasteiger partial charge in [-0.1, -0.05) is 62.4 Å². The number of nitrogens with zero attached hydrogens (tertiary/aromatic N) is 1. The van der Waals surface area contributed by atoms with Gasteiger partial charge in [-0.05, 0) is 43.5 Å². The molecule has 0 bridgehead atoms. The lowest BCUT2D eigenvalue weighted by molar-refractivity contribution is 0.410. The number of rotatable bonds is 8. The molecular weight excluding hydrogens is 332 g/mol. The Bertz CT molecular complexity index is 667. The second-order valence-corrected chi connectivity index (χ2v) is 7.68. The van der Waals surface area contributed by atoms with Gasteiger partial charge in [0.05, 0.1) is 4.90 Å². The van der Waals surface area contributed by atoms with Gasteiger partial charge in [0.25, 0.3) is 0 Å². The molecule has 0 aliphatic heterocycles. The maximum Gasteiger partial charge on any atom is 0.243 e. The van der Waals surface area contributed by atoms with E-state index in [1.807, 2.05) is 38.1 Å². The fraction of sp³-hybridized carbons (Fsp3) is 0.400. The van der Waals surface area contributed by atoms with Crippen LogP contribution in [0.1, 0.15) is 32.3 Å². The first-order valence-electron chi connectivity index (χ1n) is 8.85. The number of hydrogen-bond acceptors (Lipinski definition) is 3. The van der Waals surface area contributed by atoms with E-state index < -0.39 is 10.0 Å². The molecule has 0 heterocycles. The van der Waals surface area contributed by atoms with Crippen molar-refractivity contribution in [3.63, 3.8) is 0 Å². The fourth-order valence-electron chi connectivity index (χ4n) is 2.40. The van der Waals surface area contributed by atoms with Crippen molar-refractivity contribution in [3.05, 3.63) is 66.2 Å². The second kappa shape index (κ2) is 11.8. The normalized spacial score (nSPS) is 11.0. The molecule has 2 N–H and O–H groups in total. The number of nitrogens with two attached hydrogens (primary N) is 1. The number of benzene rings is 2. The fourth-order valence-corrected chi connectivity index (χ4v) is 4.05. The summed E-state index contributed by atoms with van der Waals surface area (Å²) in [7, 11) is -3.29. The molecule has 0 saturated carbocycles. The predicted octanol–water partition coefficient (Wildman–Crippen LogP) is 3.69. The van der Waals surface area contributed by atoms with Crippen molar-refractivity contribution in [2.45, 2.75) is 38.0 Å². The van der Waals surface area contributed by atoms with E-state index in [2.05, 4.69) is 12.1 Å². The number of sulfonamides is 1. The third-order valence-corrected chi connectivity index (χ3v) is 5.52.